The van der Waals surface area contributed by atoms with Crippen LogP contribution in [0.4, 0.5) is 13.2 Å². The summed E-state index contributed by atoms with van der Waals surface area (Å²) < 4.78 is 38.7. The number of aliphatic hydroxyl groups excluding tert-OH is 1. The van der Waals surface area contributed by atoms with Gasteiger partial charge in [0.05, 0.1) is 6.10 Å². The summed E-state index contributed by atoms with van der Waals surface area (Å²) in [5, 5.41) is 19.3. The lowest BCUT2D eigenvalue weighted by atomic mass is 9.75. The molecule has 3 nitrogen and oxygen atoms in total. The van der Waals surface area contributed by atoms with Crippen LogP contribution in [-0.4, -0.2) is 28.3 Å². The van der Waals surface area contributed by atoms with E-state index in [4.69, 9.17) is 0 Å². The zero-order chi connectivity index (χ0) is 20.2. The van der Waals surface area contributed by atoms with Crippen LogP contribution in [0.3, 0.4) is 0 Å². The van der Waals surface area contributed by atoms with E-state index in [0.29, 0.717) is 30.7 Å². The average Bonchev–Trinajstić information content (AvgIpc) is 2.62. The molecule has 1 saturated carbocycles. The van der Waals surface area contributed by atoms with Gasteiger partial charge >= 0.3 is 6.18 Å². The largest absolute Gasteiger partial charge is 0.421 e. The van der Waals surface area contributed by atoms with Crippen LogP contribution in [0.5, 0.6) is 0 Å². The van der Waals surface area contributed by atoms with Gasteiger partial charge in [-0.3, -0.25) is 4.79 Å². The first-order chi connectivity index (χ1) is 12.6. The molecule has 1 unspecified atom stereocenters. The van der Waals surface area contributed by atoms with Crippen molar-refractivity contribution in [3.05, 3.63) is 35.4 Å². The fourth-order valence-electron chi connectivity index (χ4n) is 3.95. The van der Waals surface area contributed by atoms with Gasteiger partial charge in [0.25, 0.3) is 0 Å². The molecule has 6 heteroatoms. The average molecular weight is 386 g/mol. The van der Waals surface area contributed by atoms with Crippen molar-refractivity contribution in [1.82, 2.24) is 0 Å². The minimum Gasteiger partial charge on any atom is -0.393 e. The number of ketones is 1. The van der Waals surface area contributed by atoms with Crippen LogP contribution in [0.1, 0.15) is 74.7 Å². The quantitative estimate of drug-likeness (QED) is 0.649. The monoisotopic (exact) mass is 386 g/mol. The molecule has 27 heavy (non-hydrogen) atoms. The van der Waals surface area contributed by atoms with Gasteiger partial charge in [-0.2, -0.15) is 13.2 Å². The molecular formula is C21H29F3O3. The van der Waals surface area contributed by atoms with Crippen LogP contribution >= 0.6 is 0 Å². The standard InChI is InChI=1S/C21H29F3O3/c1-3-14(15-6-11-18(25)12-7-15)8-13-19(26)16-4-9-17(10-5-16)20(2,27)21(22,23)24/h4-5,9-10,14-15,18,25,27H,3,6-8,11-13H2,1-2H3/t14?,15?,18?,20-/m0/s1. The Balaban J connectivity index is 1.95. The van der Waals surface area contributed by atoms with E-state index >= 15 is 0 Å². The van der Waals surface area contributed by atoms with Crippen LogP contribution in [-0.2, 0) is 5.60 Å². The third-order valence-corrected chi connectivity index (χ3v) is 6.00. The summed E-state index contributed by atoms with van der Waals surface area (Å²) in [6.07, 6.45) is 0.690. The van der Waals surface area contributed by atoms with Gasteiger partial charge in [-0.05, 0) is 56.4 Å². The summed E-state index contributed by atoms with van der Waals surface area (Å²) in [6, 6.07) is 5.05. The molecule has 0 spiro atoms. The molecule has 1 aliphatic rings. The Morgan fingerprint density at radius 2 is 1.70 bits per heavy atom. The number of hydrogen-bond donors (Lipinski definition) is 2. The van der Waals surface area contributed by atoms with Crippen LogP contribution in [0.25, 0.3) is 0 Å². The Labute approximate surface area is 158 Å². The normalized spacial score (nSPS) is 24.3. The predicted molar refractivity (Wildman–Crippen MR) is 97.4 cm³/mol. The van der Waals surface area contributed by atoms with Gasteiger partial charge in [0.1, 0.15) is 0 Å². The first kappa shape index (κ1) is 21.9. The van der Waals surface area contributed by atoms with Gasteiger partial charge in [0, 0.05) is 12.0 Å². The van der Waals surface area contributed by atoms with Crippen molar-refractivity contribution >= 4 is 5.78 Å². The number of rotatable bonds is 7. The maximum Gasteiger partial charge on any atom is 0.421 e. The molecular weight excluding hydrogens is 357 g/mol. The molecule has 1 aromatic carbocycles. The van der Waals surface area contributed by atoms with E-state index < -0.39 is 11.8 Å². The molecule has 0 aromatic heterocycles. The smallest absolute Gasteiger partial charge is 0.393 e. The Kier molecular flexibility index (Phi) is 7.09. The molecule has 152 valence electrons. The maximum absolute atomic E-state index is 12.9. The SMILES string of the molecule is CCC(CCC(=O)c1ccc([C@](C)(O)C(F)(F)F)cc1)C1CCC(O)CC1. The first-order valence-electron chi connectivity index (χ1n) is 9.67. The Hall–Kier alpha value is -1.40. The molecule has 2 rings (SSSR count). The number of halogens is 3. The van der Waals surface area contributed by atoms with Gasteiger partial charge < -0.3 is 10.2 Å². The molecule has 0 bridgehead atoms. The predicted octanol–water partition coefficient (Wildman–Crippen LogP) is 5.00. The Morgan fingerprint density at radius 1 is 1.15 bits per heavy atom. The molecule has 1 aliphatic carbocycles. The number of carbonyl (C=O) groups is 1. The second kappa shape index (κ2) is 8.74. The van der Waals surface area contributed by atoms with Crippen molar-refractivity contribution in [2.24, 2.45) is 11.8 Å². The van der Waals surface area contributed by atoms with E-state index in [1.165, 1.54) is 24.3 Å². The summed E-state index contributed by atoms with van der Waals surface area (Å²) >= 11 is 0. The molecule has 0 heterocycles. The van der Waals surface area contributed by atoms with E-state index in [1.807, 2.05) is 0 Å². The number of benzene rings is 1. The molecule has 0 radical (unpaired) electrons. The van der Waals surface area contributed by atoms with E-state index in [1.54, 1.807) is 0 Å². The fourth-order valence-corrected chi connectivity index (χ4v) is 3.95. The summed E-state index contributed by atoms with van der Waals surface area (Å²) in [5.74, 6) is 0.852. The van der Waals surface area contributed by atoms with Crippen molar-refractivity contribution < 1.29 is 28.2 Å². The topological polar surface area (TPSA) is 57.5 Å². The summed E-state index contributed by atoms with van der Waals surface area (Å²) in [5.41, 5.74) is -2.85. The summed E-state index contributed by atoms with van der Waals surface area (Å²) in [6.45, 7) is 2.81. The van der Waals surface area contributed by atoms with E-state index in [2.05, 4.69) is 6.92 Å². The molecule has 0 saturated heterocycles. The lowest BCUT2D eigenvalue weighted by Gasteiger charge is -2.31. The lowest BCUT2D eigenvalue weighted by Crippen LogP contribution is -2.39. The first-order valence-corrected chi connectivity index (χ1v) is 9.67. The highest BCUT2D eigenvalue weighted by atomic mass is 19.4. The third-order valence-electron chi connectivity index (χ3n) is 6.00. The van der Waals surface area contributed by atoms with Crippen molar-refractivity contribution in [3.8, 4) is 0 Å². The fraction of sp³-hybridized carbons (Fsp3) is 0.667. The lowest BCUT2D eigenvalue weighted by molar-refractivity contribution is -0.258. The highest BCUT2D eigenvalue weighted by Crippen LogP contribution is 2.38. The van der Waals surface area contributed by atoms with Crippen LogP contribution in [0, 0.1) is 11.8 Å². The second-order valence-corrected chi connectivity index (χ2v) is 7.85. The van der Waals surface area contributed by atoms with Gasteiger partial charge in [0.2, 0.25) is 0 Å². The van der Waals surface area contributed by atoms with Gasteiger partial charge in [-0.25, -0.2) is 0 Å². The zero-order valence-electron chi connectivity index (χ0n) is 15.9. The summed E-state index contributed by atoms with van der Waals surface area (Å²) in [4.78, 5) is 12.4. The summed E-state index contributed by atoms with van der Waals surface area (Å²) in [7, 11) is 0. The Morgan fingerprint density at radius 3 is 2.19 bits per heavy atom. The van der Waals surface area contributed by atoms with Crippen molar-refractivity contribution in [2.45, 2.75) is 76.7 Å². The number of alkyl halides is 3. The van der Waals surface area contributed by atoms with Gasteiger partial charge in [-0.15, -0.1) is 0 Å². The Bertz CT molecular complexity index is 615. The van der Waals surface area contributed by atoms with Crippen molar-refractivity contribution in [3.63, 3.8) is 0 Å². The van der Waals surface area contributed by atoms with E-state index in [9.17, 15) is 28.2 Å². The van der Waals surface area contributed by atoms with Crippen molar-refractivity contribution in [1.29, 1.82) is 0 Å². The van der Waals surface area contributed by atoms with Crippen molar-refractivity contribution in [2.75, 3.05) is 0 Å². The third kappa shape index (κ3) is 5.32. The molecule has 0 aliphatic heterocycles. The van der Waals surface area contributed by atoms with Crippen LogP contribution in [0.2, 0.25) is 0 Å². The van der Waals surface area contributed by atoms with Gasteiger partial charge in [-0.1, -0.05) is 37.6 Å². The van der Waals surface area contributed by atoms with Gasteiger partial charge in [0.15, 0.2) is 11.4 Å². The second-order valence-electron chi connectivity index (χ2n) is 7.85. The zero-order valence-corrected chi connectivity index (χ0v) is 15.9. The van der Waals surface area contributed by atoms with E-state index in [0.717, 1.165) is 38.5 Å². The number of Topliss-reactive ketones (excluding diaryl/α,β-unsaturated/α-hetero) is 1. The minimum atomic E-state index is -4.78. The molecule has 2 atom stereocenters. The number of hydrogen-bond acceptors (Lipinski definition) is 3. The number of carbonyl (C=O) groups excluding carboxylic acids is 1. The van der Waals surface area contributed by atoms with Crippen LogP contribution < -0.4 is 0 Å². The maximum atomic E-state index is 12.9. The molecule has 1 aromatic rings. The highest BCUT2D eigenvalue weighted by Gasteiger charge is 2.51. The van der Waals surface area contributed by atoms with Crippen LogP contribution in [0.15, 0.2) is 24.3 Å². The molecule has 2 N–H and O–H groups in total. The minimum absolute atomic E-state index is 0.0949. The van der Waals surface area contributed by atoms with E-state index in [-0.39, 0.29) is 17.5 Å². The number of aliphatic hydroxyl groups is 2. The molecule has 1 fully saturated rings. The molecule has 0 amide bonds. The highest BCUT2D eigenvalue weighted by molar-refractivity contribution is 5.96.